The summed E-state index contributed by atoms with van der Waals surface area (Å²) in [7, 11) is 0. The van der Waals surface area contributed by atoms with Crippen LogP contribution in [-0.4, -0.2) is 50.2 Å². The van der Waals surface area contributed by atoms with Gasteiger partial charge in [-0.1, -0.05) is 25.4 Å². The normalized spacial score (nSPS) is 17.4. The Balaban J connectivity index is 1.49. The summed E-state index contributed by atoms with van der Waals surface area (Å²) in [6, 6.07) is 9.34. The number of nitrogens with two attached hydrogens (primary N) is 1. The van der Waals surface area contributed by atoms with E-state index >= 15 is 4.39 Å². The average Bonchev–Trinajstić information content (AvgIpc) is 3.35. The van der Waals surface area contributed by atoms with Crippen molar-refractivity contribution in [2.75, 3.05) is 6.61 Å². The molecule has 1 aromatic carbocycles. The van der Waals surface area contributed by atoms with Crippen LogP contribution in [0.3, 0.4) is 0 Å². The quantitative estimate of drug-likeness (QED) is 0.172. The average molecular weight is 591 g/mol. The maximum absolute atomic E-state index is 15.0. The minimum Gasteiger partial charge on any atom is -0.492 e. The predicted octanol–water partition coefficient (Wildman–Crippen LogP) is 5.55. The number of fused-ring (bicyclic) bond motifs is 1. The molecule has 1 fully saturated rings. The Hall–Kier alpha value is -4.38. The maximum atomic E-state index is 15.0. The van der Waals surface area contributed by atoms with Crippen molar-refractivity contribution in [3.05, 3.63) is 70.9 Å². The molecule has 0 saturated heterocycles. The van der Waals surface area contributed by atoms with Crippen LogP contribution < -0.4 is 15.8 Å². The number of pyridine rings is 2. The number of aliphatic imine (C=N–C) groups is 1. The molecule has 1 amide bonds. The van der Waals surface area contributed by atoms with Crippen molar-refractivity contribution in [1.82, 2.24) is 24.8 Å². The van der Waals surface area contributed by atoms with Gasteiger partial charge in [0.05, 0.1) is 23.9 Å². The van der Waals surface area contributed by atoms with E-state index in [1.807, 2.05) is 18.4 Å². The van der Waals surface area contributed by atoms with Crippen LogP contribution in [0.15, 0.2) is 53.8 Å². The van der Waals surface area contributed by atoms with Gasteiger partial charge in [-0.15, -0.1) is 0 Å². The predicted molar refractivity (Wildman–Crippen MR) is 161 cm³/mol. The van der Waals surface area contributed by atoms with Gasteiger partial charge in [0.25, 0.3) is 5.91 Å². The summed E-state index contributed by atoms with van der Waals surface area (Å²) in [5, 5.41) is 10.9. The SMILES string of the molecule is CC(C)COc1ccc(Cl)cc1C(=O)N[C@H]1CCC[C@@H](n2c(-c3ncccc3F)nc3cnc(C(N)=NC=N)cc32)C1. The number of hydrogen-bond donors (Lipinski definition) is 3. The molecule has 12 heteroatoms. The largest absolute Gasteiger partial charge is 0.492 e. The number of rotatable bonds is 9. The highest BCUT2D eigenvalue weighted by Crippen LogP contribution is 2.36. The third-order valence-corrected chi connectivity index (χ3v) is 7.35. The number of carbonyl (C=O) groups is 1. The number of amidine groups is 1. The van der Waals surface area contributed by atoms with Crippen molar-refractivity contribution >= 4 is 40.7 Å². The Morgan fingerprint density at radius 1 is 1.31 bits per heavy atom. The molecule has 5 rings (SSSR count). The number of hydrogen-bond acceptors (Lipinski definition) is 6. The molecule has 4 N–H and O–H groups in total. The fourth-order valence-electron chi connectivity index (χ4n) is 5.22. The minimum absolute atomic E-state index is 0.0796. The summed E-state index contributed by atoms with van der Waals surface area (Å²) in [6.07, 6.45) is 6.87. The monoisotopic (exact) mass is 590 g/mol. The summed E-state index contributed by atoms with van der Waals surface area (Å²) >= 11 is 6.24. The van der Waals surface area contributed by atoms with Gasteiger partial charge in [-0.25, -0.2) is 19.4 Å². The Bertz CT molecular complexity index is 1650. The first-order valence-corrected chi connectivity index (χ1v) is 14.2. The minimum atomic E-state index is -0.498. The summed E-state index contributed by atoms with van der Waals surface area (Å²) in [6.45, 7) is 4.55. The van der Waals surface area contributed by atoms with E-state index in [0.29, 0.717) is 57.8 Å². The Morgan fingerprint density at radius 2 is 2.14 bits per heavy atom. The van der Waals surface area contributed by atoms with E-state index < -0.39 is 5.82 Å². The molecule has 0 aliphatic heterocycles. The Labute approximate surface area is 247 Å². The van der Waals surface area contributed by atoms with E-state index in [-0.39, 0.29) is 29.5 Å². The fourth-order valence-corrected chi connectivity index (χ4v) is 5.39. The van der Waals surface area contributed by atoms with Gasteiger partial charge in [-0.2, -0.15) is 0 Å². The molecular formula is C30H32ClFN8O2. The summed E-state index contributed by atoms with van der Waals surface area (Å²) in [5.41, 5.74) is 8.12. The van der Waals surface area contributed by atoms with Crippen molar-refractivity contribution in [3.8, 4) is 17.3 Å². The number of amides is 1. The van der Waals surface area contributed by atoms with Gasteiger partial charge in [0, 0.05) is 23.3 Å². The van der Waals surface area contributed by atoms with Crippen molar-refractivity contribution in [2.45, 2.75) is 51.6 Å². The molecule has 4 aromatic rings. The summed E-state index contributed by atoms with van der Waals surface area (Å²) in [5.74, 6) is 0.451. The molecule has 0 unspecified atom stereocenters. The van der Waals surface area contributed by atoms with Gasteiger partial charge in [-0.05, 0) is 68.0 Å². The molecule has 0 spiro atoms. The fraction of sp³-hybridized carbons (Fsp3) is 0.333. The lowest BCUT2D eigenvalue weighted by molar-refractivity contribution is 0.0916. The molecule has 3 heterocycles. The van der Waals surface area contributed by atoms with Crippen LogP contribution in [0.1, 0.15) is 61.6 Å². The van der Waals surface area contributed by atoms with Crippen molar-refractivity contribution < 1.29 is 13.9 Å². The second-order valence-corrected chi connectivity index (χ2v) is 11.1. The zero-order valence-corrected chi connectivity index (χ0v) is 24.1. The van der Waals surface area contributed by atoms with Crippen LogP contribution in [0.5, 0.6) is 5.75 Å². The van der Waals surface area contributed by atoms with Gasteiger partial charge in [0.1, 0.15) is 29.0 Å². The van der Waals surface area contributed by atoms with E-state index in [4.69, 9.17) is 32.5 Å². The number of halogens is 2. The first-order chi connectivity index (χ1) is 20.2. The third kappa shape index (κ3) is 6.25. The Morgan fingerprint density at radius 3 is 2.90 bits per heavy atom. The smallest absolute Gasteiger partial charge is 0.255 e. The second-order valence-electron chi connectivity index (χ2n) is 10.7. The zero-order chi connectivity index (χ0) is 29.8. The first kappa shape index (κ1) is 29.1. The van der Waals surface area contributed by atoms with Crippen LogP contribution in [0.4, 0.5) is 4.39 Å². The number of benzene rings is 1. The van der Waals surface area contributed by atoms with Gasteiger partial charge >= 0.3 is 0 Å². The number of aromatic nitrogens is 4. The third-order valence-electron chi connectivity index (χ3n) is 7.12. The highest BCUT2D eigenvalue weighted by Gasteiger charge is 2.30. The van der Waals surface area contributed by atoms with Gasteiger partial charge < -0.3 is 20.4 Å². The van der Waals surface area contributed by atoms with E-state index in [2.05, 4.69) is 20.3 Å². The number of imidazole rings is 1. The van der Waals surface area contributed by atoms with Crippen molar-refractivity contribution in [1.29, 1.82) is 5.41 Å². The van der Waals surface area contributed by atoms with Crippen LogP contribution in [0, 0.1) is 17.1 Å². The summed E-state index contributed by atoms with van der Waals surface area (Å²) < 4.78 is 22.9. The molecule has 1 saturated carbocycles. The van der Waals surface area contributed by atoms with Crippen LogP contribution in [-0.2, 0) is 0 Å². The van der Waals surface area contributed by atoms with Gasteiger partial charge in [-0.3, -0.25) is 15.2 Å². The number of nitrogens with one attached hydrogen (secondary N) is 2. The molecule has 0 radical (unpaired) electrons. The second kappa shape index (κ2) is 12.6. The van der Waals surface area contributed by atoms with Gasteiger partial charge in [0.2, 0.25) is 0 Å². The number of nitrogens with zero attached hydrogens (tertiary/aromatic N) is 5. The van der Waals surface area contributed by atoms with Gasteiger partial charge in [0.15, 0.2) is 17.5 Å². The lowest BCUT2D eigenvalue weighted by atomic mass is 9.90. The lowest BCUT2D eigenvalue weighted by Gasteiger charge is -2.32. The van der Waals surface area contributed by atoms with Crippen LogP contribution in [0.25, 0.3) is 22.6 Å². The zero-order valence-electron chi connectivity index (χ0n) is 23.3. The van der Waals surface area contributed by atoms with Crippen LogP contribution in [0.2, 0.25) is 5.02 Å². The number of carbonyl (C=O) groups excluding carboxylic acids is 1. The highest BCUT2D eigenvalue weighted by molar-refractivity contribution is 6.31. The highest BCUT2D eigenvalue weighted by atomic mass is 35.5. The topological polar surface area (TPSA) is 144 Å². The van der Waals surface area contributed by atoms with Crippen molar-refractivity contribution in [3.63, 3.8) is 0 Å². The molecule has 42 heavy (non-hydrogen) atoms. The van der Waals surface area contributed by atoms with E-state index in [1.165, 1.54) is 18.3 Å². The van der Waals surface area contributed by atoms with E-state index in [0.717, 1.165) is 25.6 Å². The van der Waals surface area contributed by atoms with Crippen molar-refractivity contribution in [2.24, 2.45) is 16.6 Å². The maximum Gasteiger partial charge on any atom is 0.255 e. The summed E-state index contributed by atoms with van der Waals surface area (Å²) in [4.78, 5) is 30.6. The molecule has 10 nitrogen and oxygen atoms in total. The van der Waals surface area contributed by atoms with Crippen LogP contribution >= 0.6 is 11.6 Å². The number of ether oxygens (including phenoxy) is 1. The molecule has 1 aliphatic rings. The molecule has 3 aromatic heterocycles. The van der Waals surface area contributed by atoms with E-state index in [1.54, 1.807) is 30.5 Å². The standard InChI is InChI=1S/C30H32ClFN8O2/c1-17(2)15-42-26-9-8-18(31)11-21(26)30(41)38-19-5-3-6-20(12-19)40-25-13-23(28(34)37-16-33)36-14-24(25)39-29(40)27-22(32)7-4-10-35-27/h4,7-11,13-14,16-17,19-20H,3,5-6,12,15H2,1-2H3,(H,38,41)(H3,33,34,37)/t19-,20+/m0/s1. The van der Waals surface area contributed by atoms with E-state index in [9.17, 15) is 4.79 Å². The Kier molecular flexibility index (Phi) is 8.77. The molecular weight excluding hydrogens is 559 g/mol. The first-order valence-electron chi connectivity index (χ1n) is 13.8. The lowest BCUT2D eigenvalue weighted by Crippen LogP contribution is -2.39. The molecule has 218 valence electrons. The molecule has 1 aliphatic carbocycles. The molecule has 0 bridgehead atoms. The molecule has 2 atom stereocenters.